The van der Waals surface area contributed by atoms with Crippen molar-refractivity contribution in [3.8, 4) is 22.8 Å². The Morgan fingerprint density at radius 3 is 2.84 bits per heavy atom. The molecule has 0 aliphatic carbocycles. The van der Waals surface area contributed by atoms with Crippen LogP contribution in [0.25, 0.3) is 17.1 Å². The second-order valence-electron chi connectivity index (χ2n) is 5.45. The molecule has 0 bridgehead atoms. The molecule has 3 rings (SSSR count). The molecule has 0 spiro atoms. The zero-order valence-electron chi connectivity index (χ0n) is 13.9. The van der Waals surface area contributed by atoms with Gasteiger partial charge in [-0.25, -0.2) is 14.2 Å². The molecule has 2 aromatic heterocycles. The number of ether oxygens (including phenoxy) is 1. The second kappa shape index (κ2) is 6.76. The summed E-state index contributed by atoms with van der Waals surface area (Å²) in [6.45, 7) is 3.84. The van der Waals surface area contributed by atoms with Gasteiger partial charge in [-0.05, 0) is 50.2 Å². The molecule has 0 saturated carbocycles. The van der Waals surface area contributed by atoms with Crippen LogP contribution in [-0.2, 0) is 4.74 Å². The van der Waals surface area contributed by atoms with Gasteiger partial charge in [-0.15, -0.1) is 0 Å². The molecule has 0 amide bonds. The third kappa shape index (κ3) is 3.24. The Hall–Kier alpha value is -3.15. The summed E-state index contributed by atoms with van der Waals surface area (Å²) in [6.07, 6.45) is 1.72. The van der Waals surface area contributed by atoms with Gasteiger partial charge in [0.25, 0.3) is 0 Å². The van der Waals surface area contributed by atoms with Crippen LogP contribution in [0.1, 0.15) is 23.0 Å². The Balaban J connectivity index is 2.03. The molecule has 3 aromatic rings. The number of halogens is 1. The van der Waals surface area contributed by atoms with Crippen LogP contribution in [-0.4, -0.2) is 27.2 Å². The fraction of sp³-hybridized carbons (Fsp3) is 0.158. The number of hydrogen-bond acceptors (Lipinski definition) is 4. The molecule has 0 aliphatic heterocycles. The smallest absolute Gasteiger partial charge is 0.339 e. The maximum Gasteiger partial charge on any atom is 0.339 e. The minimum absolute atomic E-state index is 0.0532. The number of esters is 1. The van der Waals surface area contributed by atoms with Crippen molar-refractivity contribution in [2.45, 2.75) is 13.8 Å². The van der Waals surface area contributed by atoms with Gasteiger partial charge >= 0.3 is 5.97 Å². The van der Waals surface area contributed by atoms with Gasteiger partial charge in [-0.2, -0.15) is 0 Å². The number of phenolic OH excluding ortho intramolecular Hbond substituents is 1. The van der Waals surface area contributed by atoms with Crippen LogP contribution in [0.3, 0.4) is 0 Å². The number of nitrogens with zero attached hydrogens (tertiary/aromatic N) is 2. The highest BCUT2D eigenvalue weighted by molar-refractivity contribution is 5.91. The summed E-state index contributed by atoms with van der Waals surface area (Å²) in [5.74, 6) is -0.351. The highest BCUT2D eigenvalue weighted by Crippen LogP contribution is 2.29. The molecule has 0 saturated heterocycles. The number of benzene rings is 1. The third-order valence-corrected chi connectivity index (χ3v) is 3.85. The van der Waals surface area contributed by atoms with Gasteiger partial charge in [0.15, 0.2) is 0 Å². The number of aromatic nitrogens is 2. The maximum atomic E-state index is 13.5. The molecule has 5 nitrogen and oxygen atoms in total. The Bertz CT molecular complexity index is 934. The summed E-state index contributed by atoms with van der Waals surface area (Å²) >= 11 is 0. The summed E-state index contributed by atoms with van der Waals surface area (Å²) in [6, 6.07) is 10.6. The van der Waals surface area contributed by atoms with Crippen molar-refractivity contribution in [3.05, 3.63) is 65.7 Å². The van der Waals surface area contributed by atoms with E-state index in [4.69, 9.17) is 4.74 Å². The van der Waals surface area contributed by atoms with E-state index in [1.807, 2.05) is 0 Å². The molecule has 128 valence electrons. The fourth-order valence-electron chi connectivity index (χ4n) is 2.60. The van der Waals surface area contributed by atoms with E-state index in [-0.39, 0.29) is 5.75 Å². The van der Waals surface area contributed by atoms with Crippen molar-refractivity contribution in [1.29, 1.82) is 0 Å². The summed E-state index contributed by atoms with van der Waals surface area (Å²) in [5.41, 5.74) is 1.88. The number of carbonyl (C=O) groups excluding carboxylic acids is 1. The lowest BCUT2D eigenvalue weighted by Gasteiger charge is -2.10. The van der Waals surface area contributed by atoms with Crippen molar-refractivity contribution in [3.63, 3.8) is 0 Å². The van der Waals surface area contributed by atoms with Crippen molar-refractivity contribution in [2.75, 3.05) is 6.61 Å². The van der Waals surface area contributed by atoms with E-state index < -0.39 is 11.8 Å². The van der Waals surface area contributed by atoms with Gasteiger partial charge in [0.2, 0.25) is 0 Å². The number of rotatable bonds is 4. The Morgan fingerprint density at radius 1 is 1.28 bits per heavy atom. The average molecular weight is 340 g/mol. The predicted octanol–water partition coefficient (Wildman–Crippen LogP) is 3.87. The van der Waals surface area contributed by atoms with Crippen molar-refractivity contribution in [2.24, 2.45) is 0 Å². The quantitative estimate of drug-likeness (QED) is 0.732. The van der Waals surface area contributed by atoms with Gasteiger partial charge < -0.3 is 14.4 Å². The first-order valence-corrected chi connectivity index (χ1v) is 7.82. The van der Waals surface area contributed by atoms with Crippen LogP contribution in [0.4, 0.5) is 4.39 Å². The topological polar surface area (TPSA) is 64.3 Å². The van der Waals surface area contributed by atoms with Crippen LogP contribution in [0, 0.1) is 12.7 Å². The SMILES string of the molecule is CCOC(=O)c1ccn(-c2cccc(-c3cc(F)ccc3O)n2)c1C. The van der Waals surface area contributed by atoms with E-state index in [2.05, 4.69) is 4.98 Å². The molecule has 0 atom stereocenters. The number of pyridine rings is 1. The number of carbonyl (C=O) groups is 1. The minimum Gasteiger partial charge on any atom is -0.507 e. The van der Waals surface area contributed by atoms with Crippen LogP contribution >= 0.6 is 0 Å². The molecule has 1 N–H and O–H groups in total. The molecule has 0 aliphatic rings. The highest BCUT2D eigenvalue weighted by Gasteiger charge is 2.16. The summed E-state index contributed by atoms with van der Waals surface area (Å²) in [5, 5.41) is 9.97. The zero-order valence-corrected chi connectivity index (χ0v) is 13.9. The first kappa shape index (κ1) is 16.7. The molecule has 25 heavy (non-hydrogen) atoms. The van der Waals surface area contributed by atoms with Gasteiger partial charge in [0.1, 0.15) is 17.4 Å². The molecular weight excluding hydrogens is 323 g/mol. The van der Waals surface area contributed by atoms with Gasteiger partial charge in [0, 0.05) is 17.5 Å². The Morgan fingerprint density at radius 2 is 2.08 bits per heavy atom. The van der Waals surface area contributed by atoms with Crippen molar-refractivity contribution in [1.82, 2.24) is 9.55 Å². The van der Waals surface area contributed by atoms with E-state index in [1.54, 1.807) is 48.9 Å². The first-order valence-electron chi connectivity index (χ1n) is 7.82. The molecule has 0 radical (unpaired) electrons. The third-order valence-electron chi connectivity index (χ3n) is 3.85. The Kier molecular flexibility index (Phi) is 4.52. The number of hydrogen-bond donors (Lipinski definition) is 1. The molecule has 0 unspecified atom stereocenters. The van der Waals surface area contributed by atoms with Gasteiger partial charge in [-0.3, -0.25) is 0 Å². The van der Waals surface area contributed by atoms with E-state index in [0.717, 1.165) is 0 Å². The van der Waals surface area contributed by atoms with E-state index in [0.29, 0.717) is 34.9 Å². The lowest BCUT2D eigenvalue weighted by Crippen LogP contribution is -2.07. The largest absolute Gasteiger partial charge is 0.507 e. The summed E-state index contributed by atoms with van der Waals surface area (Å²) in [7, 11) is 0. The normalized spacial score (nSPS) is 10.7. The van der Waals surface area contributed by atoms with E-state index >= 15 is 0 Å². The molecule has 0 fully saturated rings. The summed E-state index contributed by atoms with van der Waals surface area (Å²) < 4.78 is 20.3. The maximum absolute atomic E-state index is 13.5. The summed E-state index contributed by atoms with van der Waals surface area (Å²) in [4.78, 5) is 16.4. The first-order chi connectivity index (χ1) is 12.0. The molecular formula is C19H17FN2O3. The Labute approximate surface area is 144 Å². The van der Waals surface area contributed by atoms with E-state index in [9.17, 15) is 14.3 Å². The van der Waals surface area contributed by atoms with Gasteiger partial charge in [0.05, 0.1) is 17.9 Å². The minimum atomic E-state index is -0.457. The number of aromatic hydroxyl groups is 1. The highest BCUT2D eigenvalue weighted by atomic mass is 19.1. The van der Waals surface area contributed by atoms with Crippen molar-refractivity contribution < 1.29 is 19.0 Å². The number of phenols is 1. The van der Waals surface area contributed by atoms with Crippen LogP contribution in [0.5, 0.6) is 5.75 Å². The van der Waals surface area contributed by atoms with Crippen LogP contribution in [0.2, 0.25) is 0 Å². The average Bonchev–Trinajstić information content (AvgIpc) is 2.99. The van der Waals surface area contributed by atoms with Crippen LogP contribution < -0.4 is 0 Å². The second-order valence-corrected chi connectivity index (χ2v) is 5.45. The monoisotopic (exact) mass is 340 g/mol. The molecule has 1 aromatic carbocycles. The van der Waals surface area contributed by atoms with Gasteiger partial charge in [-0.1, -0.05) is 6.07 Å². The lowest BCUT2D eigenvalue weighted by molar-refractivity contribution is 0.0525. The van der Waals surface area contributed by atoms with E-state index in [1.165, 1.54) is 18.2 Å². The standard InChI is InChI=1S/C19H17FN2O3/c1-3-25-19(24)14-9-10-22(12(14)2)18-6-4-5-16(21-18)15-11-13(20)7-8-17(15)23/h4-11,23H,3H2,1-2H3. The molecule has 6 heteroatoms. The lowest BCUT2D eigenvalue weighted by atomic mass is 10.1. The van der Waals surface area contributed by atoms with Crippen LogP contribution in [0.15, 0.2) is 48.7 Å². The molecule has 2 heterocycles. The predicted molar refractivity (Wildman–Crippen MR) is 91.3 cm³/mol. The van der Waals surface area contributed by atoms with Crippen molar-refractivity contribution >= 4 is 5.97 Å². The fourth-order valence-corrected chi connectivity index (χ4v) is 2.60. The zero-order chi connectivity index (χ0) is 18.0.